The van der Waals surface area contributed by atoms with Crippen LogP contribution in [0.2, 0.25) is 0 Å². The maximum atomic E-state index is 11.7. The zero-order valence-electron chi connectivity index (χ0n) is 10.7. The average Bonchev–Trinajstić information content (AvgIpc) is 2.31. The van der Waals surface area contributed by atoms with Crippen molar-refractivity contribution in [2.24, 2.45) is 5.92 Å². The van der Waals surface area contributed by atoms with Crippen molar-refractivity contribution in [2.75, 3.05) is 16.5 Å². The van der Waals surface area contributed by atoms with Crippen LogP contribution in [0.15, 0.2) is 18.2 Å². The summed E-state index contributed by atoms with van der Waals surface area (Å²) in [6.45, 7) is 5.09. The Morgan fingerprint density at radius 2 is 2.00 bits per heavy atom. The van der Waals surface area contributed by atoms with Crippen molar-refractivity contribution in [3.05, 3.63) is 23.8 Å². The third-order valence-corrected chi connectivity index (χ3v) is 2.96. The van der Waals surface area contributed by atoms with Gasteiger partial charge in [0.25, 0.3) is 0 Å². The standard InChI is InChI=1S/C13H17ClN2O2/c1-8-4-5-11(6-12(8)15-10(3)17)16-13(18)9(2)7-14/h4-6,9H,7H2,1-3H3,(H,15,17)(H,16,18). The molecule has 0 aromatic heterocycles. The van der Waals surface area contributed by atoms with E-state index in [0.29, 0.717) is 11.4 Å². The number of rotatable bonds is 4. The molecule has 0 aliphatic carbocycles. The quantitative estimate of drug-likeness (QED) is 0.825. The molecule has 1 aromatic rings. The zero-order chi connectivity index (χ0) is 13.7. The van der Waals surface area contributed by atoms with E-state index < -0.39 is 0 Å². The van der Waals surface area contributed by atoms with E-state index in [4.69, 9.17) is 11.6 Å². The predicted octanol–water partition coefficient (Wildman–Crippen LogP) is 2.77. The SMILES string of the molecule is CC(=O)Nc1cc(NC(=O)C(C)CCl)ccc1C. The van der Waals surface area contributed by atoms with Crippen molar-refractivity contribution < 1.29 is 9.59 Å². The van der Waals surface area contributed by atoms with Crippen LogP contribution >= 0.6 is 11.6 Å². The fraction of sp³-hybridized carbons (Fsp3) is 0.385. The Hall–Kier alpha value is -1.55. The minimum Gasteiger partial charge on any atom is -0.326 e. The van der Waals surface area contributed by atoms with Gasteiger partial charge in [-0.15, -0.1) is 11.6 Å². The molecule has 0 saturated heterocycles. The summed E-state index contributed by atoms with van der Waals surface area (Å²) in [4.78, 5) is 22.7. The average molecular weight is 269 g/mol. The van der Waals surface area contributed by atoms with Crippen molar-refractivity contribution in [1.29, 1.82) is 0 Å². The molecule has 98 valence electrons. The first kappa shape index (κ1) is 14.5. The van der Waals surface area contributed by atoms with Crippen LogP contribution < -0.4 is 10.6 Å². The number of hydrogen-bond acceptors (Lipinski definition) is 2. The summed E-state index contributed by atoms with van der Waals surface area (Å²) in [5, 5.41) is 5.47. The molecule has 5 heteroatoms. The molecule has 0 aliphatic rings. The molecule has 1 aromatic carbocycles. The fourth-order valence-corrected chi connectivity index (χ4v) is 1.50. The number of aryl methyl sites for hydroxylation is 1. The molecule has 0 radical (unpaired) electrons. The molecule has 0 heterocycles. The molecule has 2 amide bonds. The lowest BCUT2D eigenvalue weighted by Crippen LogP contribution is -2.21. The topological polar surface area (TPSA) is 58.2 Å². The third kappa shape index (κ3) is 4.04. The number of carbonyl (C=O) groups excluding carboxylic acids is 2. The number of hydrogen-bond donors (Lipinski definition) is 2. The number of halogens is 1. The minimum atomic E-state index is -0.253. The second-order valence-corrected chi connectivity index (χ2v) is 4.56. The summed E-state index contributed by atoms with van der Waals surface area (Å²) in [5.41, 5.74) is 2.28. The highest BCUT2D eigenvalue weighted by Gasteiger charge is 2.12. The van der Waals surface area contributed by atoms with Gasteiger partial charge in [-0.2, -0.15) is 0 Å². The van der Waals surface area contributed by atoms with Crippen LogP contribution in [0.25, 0.3) is 0 Å². The maximum Gasteiger partial charge on any atom is 0.228 e. The van der Waals surface area contributed by atoms with Gasteiger partial charge < -0.3 is 10.6 Å². The highest BCUT2D eigenvalue weighted by atomic mass is 35.5. The number of alkyl halides is 1. The van der Waals surface area contributed by atoms with Crippen molar-refractivity contribution in [1.82, 2.24) is 0 Å². The lowest BCUT2D eigenvalue weighted by atomic mass is 10.1. The Labute approximate surface area is 112 Å². The van der Waals surface area contributed by atoms with Crippen LogP contribution in [-0.4, -0.2) is 17.7 Å². The van der Waals surface area contributed by atoms with Gasteiger partial charge in [0.2, 0.25) is 11.8 Å². The van der Waals surface area contributed by atoms with Gasteiger partial charge in [0.15, 0.2) is 0 Å². The van der Waals surface area contributed by atoms with Crippen molar-refractivity contribution >= 4 is 34.8 Å². The summed E-state index contributed by atoms with van der Waals surface area (Å²) in [7, 11) is 0. The van der Waals surface area contributed by atoms with Crippen LogP contribution in [0.3, 0.4) is 0 Å². The number of anilines is 2. The Morgan fingerprint density at radius 1 is 1.33 bits per heavy atom. The van der Waals surface area contributed by atoms with E-state index in [-0.39, 0.29) is 23.6 Å². The molecule has 2 N–H and O–H groups in total. The summed E-state index contributed by atoms with van der Waals surface area (Å²) in [5.74, 6) is -0.258. The van der Waals surface area contributed by atoms with Gasteiger partial charge >= 0.3 is 0 Å². The first-order valence-electron chi connectivity index (χ1n) is 5.69. The summed E-state index contributed by atoms with van der Waals surface area (Å²) in [6.07, 6.45) is 0. The molecular weight excluding hydrogens is 252 g/mol. The van der Waals surface area contributed by atoms with Crippen LogP contribution in [0, 0.1) is 12.8 Å². The van der Waals surface area contributed by atoms with Gasteiger partial charge in [-0.1, -0.05) is 13.0 Å². The highest BCUT2D eigenvalue weighted by Crippen LogP contribution is 2.20. The van der Waals surface area contributed by atoms with Crippen molar-refractivity contribution in [2.45, 2.75) is 20.8 Å². The molecule has 0 spiro atoms. The first-order valence-corrected chi connectivity index (χ1v) is 6.22. The first-order chi connectivity index (χ1) is 8.43. The Balaban J connectivity index is 2.85. The van der Waals surface area contributed by atoms with E-state index in [1.165, 1.54) is 6.92 Å². The second kappa shape index (κ2) is 6.40. The molecule has 0 saturated carbocycles. The Bertz CT molecular complexity index is 460. The van der Waals surface area contributed by atoms with E-state index in [9.17, 15) is 9.59 Å². The van der Waals surface area contributed by atoms with E-state index in [1.54, 1.807) is 19.1 Å². The molecule has 4 nitrogen and oxygen atoms in total. The minimum absolute atomic E-state index is 0.136. The molecule has 1 unspecified atom stereocenters. The van der Waals surface area contributed by atoms with Gasteiger partial charge in [0.05, 0.1) is 0 Å². The smallest absolute Gasteiger partial charge is 0.228 e. The number of amides is 2. The zero-order valence-corrected chi connectivity index (χ0v) is 11.5. The summed E-state index contributed by atoms with van der Waals surface area (Å²) in [6, 6.07) is 5.36. The van der Waals surface area contributed by atoms with Crippen molar-refractivity contribution in [3.8, 4) is 0 Å². The predicted molar refractivity (Wildman–Crippen MR) is 74.0 cm³/mol. The third-order valence-electron chi connectivity index (χ3n) is 2.49. The lowest BCUT2D eigenvalue weighted by molar-refractivity contribution is -0.118. The molecule has 1 rings (SSSR count). The molecule has 0 fully saturated rings. The van der Waals surface area contributed by atoms with E-state index in [0.717, 1.165) is 5.56 Å². The lowest BCUT2D eigenvalue weighted by Gasteiger charge is -2.12. The Kier molecular flexibility index (Phi) is 5.16. The highest BCUT2D eigenvalue weighted by molar-refractivity contribution is 6.19. The monoisotopic (exact) mass is 268 g/mol. The molecule has 0 bridgehead atoms. The second-order valence-electron chi connectivity index (χ2n) is 4.26. The van der Waals surface area contributed by atoms with E-state index in [1.807, 2.05) is 13.0 Å². The largest absolute Gasteiger partial charge is 0.326 e. The van der Waals surface area contributed by atoms with Crippen LogP contribution in [0.5, 0.6) is 0 Å². The molecule has 0 aliphatic heterocycles. The van der Waals surface area contributed by atoms with Gasteiger partial charge in [-0.3, -0.25) is 9.59 Å². The van der Waals surface area contributed by atoms with Gasteiger partial charge in [0, 0.05) is 30.1 Å². The maximum absolute atomic E-state index is 11.7. The van der Waals surface area contributed by atoms with E-state index >= 15 is 0 Å². The number of nitrogens with one attached hydrogen (secondary N) is 2. The molecule has 18 heavy (non-hydrogen) atoms. The molecular formula is C13H17ClN2O2. The van der Waals surface area contributed by atoms with Crippen LogP contribution in [-0.2, 0) is 9.59 Å². The summed E-state index contributed by atoms with van der Waals surface area (Å²) >= 11 is 5.62. The van der Waals surface area contributed by atoms with Crippen LogP contribution in [0.4, 0.5) is 11.4 Å². The number of carbonyl (C=O) groups is 2. The van der Waals surface area contributed by atoms with E-state index in [2.05, 4.69) is 10.6 Å². The van der Waals surface area contributed by atoms with Gasteiger partial charge in [-0.25, -0.2) is 0 Å². The fourth-order valence-electron chi connectivity index (χ4n) is 1.36. The molecule has 1 atom stereocenters. The number of benzene rings is 1. The van der Waals surface area contributed by atoms with Gasteiger partial charge in [0.1, 0.15) is 0 Å². The normalized spacial score (nSPS) is 11.8. The van der Waals surface area contributed by atoms with Gasteiger partial charge in [-0.05, 0) is 24.6 Å². The Morgan fingerprint density at radius 3 is 2.56 bits per heavy atom. The van der Waals surface area contributed by atoms with Crippen molar-refractivity contribution in [3.63, 3.8) is 0 Å². The van der Waals surface area contributed by atoms with Crippen LogP contribution in [0.1, 0.15) is 19.4 Å². The summed E-state index contributed by atoms with van der Waals surface area (Å²) < 4.78 is 0.